The van der Waals surface area contributed by atoms with Gasteiger partial charge < -0.3 is 9.47 Å². The Kier molecular flexibility index (Phi) is 6.74. The highest BCUT2D eigenvalue weighted by Crippen LogP contribution is 2.15. The van der Waals surface area contributed by atoms with E-state index in [4.69, 9.17) is 9.47 Å². The van der Waals surface area contributed by atoms with Crippen molar-refractivity contribution in [3.05, 3.63) is 34.4 Å². The molecule has 0 aromatic heterocycles. The van der Waals surface area contributed by atoms with E-state index in [0.717, 1.165) is 29.7 Å². The normalized spacial score (nSPS) is 10.7. The maximum absolute atomic E-state index is 12.1. The Morgan fingerprint density at radius 3 is 2.26 bits per heavy atom. The van der Waals surface area contributed by atoms with E-state index in [-0.39, 0.29) is 12.4 Å². The molecule has 1 aromatic carbocycles. The van der Waals surface area contributed by atoms with Gasteiger partial charge in [-0.2, -0.15) is 0 Å². The first-order valence-electron chi connectivity index (χ1n) is 6.82. The first-order valence-corrected chi connectivity index (χ1v) is 6.82. The van der Waals surface area contributed by atoms with Crippen LogP contribution in [0.2, 0.25) is 0 Å². The fraction of sp³-hybridized carbons (Fsp3) is 0.562. The highest BCUT2D eigenvalue weighted by atomic mass is 16.5. The van der Waals surface area contributed by atoms with E-state index >= 15 is 0 Å². The number of hydrogen-bond acceptors (Lipinski definition) is 3. The number of aryl methyl sites for hydroxylation is 3. The molecule has 0 radical (unpaired) electrons. The van der Waals surface area contributed by atoms with Crippen LogP contribution in [0.3, 0.4) is 0 Å². The summed E-state index contributed by atoms with van der Waals surface area (Å²) in [5.41, 5.74) is 4.12. The summed E-state index contributed by atoms with van der Waals surface area (Å²) in [5, 5.41) is 0. The number of Topliss-reactive ketones (excluding diaryl/α,β-unsaturated/α-hetero) is 1. The topological polar surface area (TPSA) is 35.5 Å². The molecule has 0 aliphatic carbocycles. The maximum atomic E-state index is 12.1. The molecule has 0 heterocycles. The fourth-order valence-corrected chi connectivity index (χ4v) is 1.87. The van der Waals surface area contributed by atoms with Crippen molar-refractivity contribution >= 4 is 5.78 Å². The molecule has 3 nitrogen and oxygen atoms in total. The second kappa shape index (κ2) is 8.08. The van der Waals surface area contributed by atoms with Crippen molar-refractivity contribution in [2.75, 3.05) is 26.4 Å². The molecule has 1 aromatic rings. The molecule has 0 amide bonds. The number of ether oxygens (including phenoxy) is 2. The molecule has 0 spiro atoms. The van der Waals surface area contributed by atoms with Crippen molar-refractivity contribution < 1.29 is 14.3 Å². The summed E-state index contributed by atoms with van der Waals surface area (Å²) < 4.78 is 10.6. The van der Waals surface area contributed by atoms with Crippen molar-refractivity contribution in [1.82, 2.24) is 0 Å². The summed E-state index contributed by atoms with van der Waals surface area (Å²) in [6.45, 7) is 9.98. The van der Waals surface area contributed by atoms with E-state index in [1.165, 1.54) is 5.56 Å². The number of hydrogen-bond donors (Lipinski definition) is 0. The molecular formula is C16H24O3. The van der Waals surface area contributed by atoms with Gasteiger partial charge in [0.15, 0.2) is 5.78 Å². The lowest BCUT2D eigenvalue weighted by molar-refractivity contribution is 0.0441. The predicted octanol–water partition coefficient (Wildman–Crippen LogP) is 3.24. The lowest BCUT2D eigenvalue weighted by Gasteiger charge is -2.09. The van der Waals surface area contributed by atoms with E-state index in [1.54, 1.807) is 0 Å². The number of ketones is 1. The third-order valence-corrected chi connectivity index (χ3v) is 3.09. The molecule has 0 fully saturated rings. The van der Waals surface area contributed by atoms with Gasteiger partial charge in [-0.15, -0.1) is 0 Å². The van der Waals surface area contributed by atoms with Crippen LogP contribution in [0.4, 0.5) is 0 Å². The van der Waals surface area contributed by atoms with Gasteiger partial charge in [-0.25, -0.2) is 0 Å². The molecule has 0 saturated carbocycles. The first-order chi connectivity index (χ1) is 9.06. The summed E-state index contributed by atoms with van der Waals surface area (Å²) in [4.78, 5) is 12.1. The van der Waals surface area contributed by atoms with Gasteiger partial charge in [-0.05, 0) is 49.9 Å². The van der Waals surface area contributed by atoms with Crippen molar-refractivity contribution in [1.29, 1.82) is 0 Å². The van der Waals surface area contributed by atoms with Crippen LogP contribution in [-0.2, 0) is 9.47 Å². The molecule has 0 N–H and O–H groups in total. The lowest BCUT2D eigenvalue weighted by atomic mass is 9.98. The Morgan fingerprint density at radius 2 is 1.58 bits per heavy atom. The zero-order valence-corrected chi connectivity index (χ0v) is 12.4. The van der Waals surface area contributed by atoms with Crippen molar-refractivity contribution in [2.45, 2.75) is 34.1 Å². The molecule has 0 bridgehead atoms. The summed E-state index contributed by atoms with van der Waals surface area (Å²) in [6.07, 6.45) is 1.00. The average molecular weight is 264 g/mol. The van der Waals surface area contributed by atoms with Crippen LogP contribution in [0.15, 0.2) is 12.1 Å². The van der Waals surface area contributed by atoms with Gasteiger partial charge in [0.1, 0.15) is 6.61 Å². The minimum absolute atomic E-state index is 0.0380. The zero-order chi connectivity index (χ0) is 14.3. The minimum atomic E-state index is 0.0380. The van der Waals surface area contributed by atoms with E-state index in [1.807, 2.05) is 26.0 Å². The van der Waals surface area contributed by atoms with Crippen molar-refractivity contribution in [3.63, 3.8) is 0 Å². The molecule has 19 heavy (non-hydrogen) atoms. The Morgan fingerprint density at radius 1 is 0.947 bits per heavy atom. The molecule has 1 rings (SSSR count). The molecule has 0 aliphatic rings. The molecule has 0 unspecified atom stereocenters. The standard InChI is InChI=1S/C16H24O3/c1-5-6-18-7-8-19-11-16(17)15-10-13(3)12(2)9-14(15)4/h9-10H,5-8,11H2,1-4H3. The molecular weight excluding hydrogens is 240 g/mol. The number of benzene rings is 1. The third kappa shape index (κ3) is 5.13. The van der Waals surface area contributed by atoms with Crippen molar-refractivity contribution in [2.24, 2.45) is 0 Å². The second-order valence-electron chi connectivity index (χ2n) is 4.84. The van der Waals surface area contributed by atoms with Gasteiger partial charge >= 0.3 is 0 Å². The largest absolute Gasteiger partial charge is 0.379 e. The Balaban J connectivity index is 2.43. The Labute approximate surface area is 115 Å². The highest BCUT2D eigenvalue weighted by Gasteiger charge is 2.10. The van der Waals surface area contributed by atoms with Gasteiger partial charge in [0.25, 0.3) is 0 Å². The monoisotopic (exact) mass is 264 g/mol. The smallest absolute Gasteiger partial charge is 0.188 e. The Bertz CT molecular complexity index is 424. The predicted molar refractivity (Wildman–Crippen MR) is 76.9 cm³/mol. The number of rotatable bonds is 8. The van der Waals surface area contributed by atoms with Gasteiger partial charge in [-0.1, -0.05) is 13.0 Å². The maximum Gasteiger partial charge on any atom is 0.188 e. The summed E-state index contributed by atoms with van der Waals surface area (Å²) >= 11 is 0. The van der Waals surface area contributed by atoms with Crippen LogP contribution in [0.5, 0.6) is 0 Å². The molecule has 0 aliphatic heterocycles. The first kappa shape index (κ1) is 15.9. The van der Waals surface area contributed by atoms with Gasteiger partial charge in [0.05, 0.1) is 13.2 Å². The summed E-state index contributed by atoms with van der Waals surface area (Å²) in [5.74, 6) is 0.0380. The van der Waals surface area contributed by atoms with Gasteiger partial charge in [0, 0.05) is 12.2 Å². The second-order valence-corrected chi connectivity index (χ2v) is 4.84. The zero-order valence-electron chi connectivity index (χ0n) is 12.4. The minimum Gasteiger partial charge on any atom is -0.379 e. The summed E-state index contributed by atoms with van der Waals surface area (Å²) in [7, 11) is 0. The lowest BCUT2D eigenvalue weighted by Crippen LogP contribution is -2.14. The summed E-state index contributed by atoms with van der Waals surface area (Å²) in [6, 6.07) is 4.00. The van der Waals surface area contributed by atoms with Crippen LogP contribution in [0, 0.1) is 20.8 Å². The SMILES string of the molecule is CCCOCCOCC(=O)c1cc(C)c(C)cc1C. The van der Waals surface area contributed by atoms with Crippen LogP contribution >= 0.6 is 0 Å². The van der Waals surface area contributed by atoms with E-state index in [9.17, 15) is 4.79 Å². The molecule has 0 atom stereocenters. The van der Waals surface area contributed by atoms with Crippen LogP contribution in [0.25, 0.3) is 0 Å². The third-order valence-electron chi connectivity index (χ3n) is 3.09. The van der Waals surface area contributed by atoms with Crippen LogP contribution in [0.1, 0.15) is 40.4 Å². The Hall–Kier alpha value is -1.19. The van der Waals surface area contributed by atoms with Crippen LogP contribution in [-0.4, -0.2) is 32.2 Å². The molecule has 0 saturated heterocycles. The van der Waals surface area contributed by atoms with E-state index < -0.39 is 0 Å². The highest BCUT2D eigenvalue weighted by molar-refractivity contribution is 5.98. The van der Waals surface area contributed by atoms with Gasteiger partial charge in [0.2, 0.25) is 0 Å². The fourth-order valence-electron chi connectivity index (χ4n) is 1.87. The number of carbonyl (C=O) groups is 1. The van der Waals surface area contributed by atoms with E-state index in [0.29, 0.717) is 13.2 Å². The average Bonchev–Trinajstić information content (AvgIpc) is 2.37. The quantitative estimate of drug-likeness (QED) is 0.534. The van der Waals surface area contributed by atoms with Crippen molar-refractivity contribution in [3.8, 4) is 0 Å². The molecule has 106 valence electrons. The van der Waals surface area contributed by atoms with E-state index in [2.05, 4.69) is 13.8 Å². The number of carbonyl (C=O) groups excluding carboxylic acids is 1. The molecule has 3 heteroatoms. The van der Waals surface area contributed by atoms with Crippen LogP contribution < -0.4 is 0 Å². The van der Waals surface area contributed by atoms with Gasteiger partial charge in [-0.3, -0.25) is 4.79 Å².